The van der Waals surface area contributed by atoms with Gasteiger partial charge < -0.3 is 14.6 Å². The van der Waals surface area contributed by atoms with E-state index in [0.29, 0.717) is 25.9 Å². The highest BCUT2D eigenvalue weighted by atomic mass is 16.7. The first-order chi connectivity index (χ1) is 20.6. The topological polar surface area (TPSA) is 79.9 Å². The third-order valence-electron chi connectivity index (χ3n) is 7.98. The van der Waals surface area contributed by atoms with Crippen molar-refractivity contribution in [3.8, 4) is 0 Å². The molecule has 250 valence electrons. The number of hydrogen-bond donors (Lipinski definition) is 2. The van der Waals surface area contributed by atoms with E-state index in [1.165, 1.54) is 116 Å². The molecule has 0 bridgehead atoms. The molecule has 0 rings (SSSR count). The standard InChI is InChI=1S/C35H71N3O4/c1-4-6-8-10-12-14-16-18-20-22-24-28-34(39)41-36-30-26-32-38(3)33-27-31-37-42-35(40)29-25-23-21-19-17-15-13-11-9-7-5-2/h36-37H,4-33H2,1-3H3. The summed E-state index contributed by atoms with van der Waals surface area (Å²) in [5, 5.41) is 0. The second-order valence-electron chi connectivity index (χ2n) is 12.3. The molecule has 0 aromatic heterocycles. The molecule has 0 saturated heterocycles. The first-order valence-corrected chi connectivity index (χ1v) is 18.1. The van der Waals surface area contributed by atoms with E-state index in [2.05, 4.69) is 36.8 Å². The van der Waals surface area contributed by atoms with Crippen LogP contribution in [-0.2, 0) is 19.3 Å². The molecule has 0 saturated carbocycles. The number of nitrogens with zero attached hydrogens (tertiary/aromatic N) is 1. The van der Waals surface area contributed by atoms with Gasteiger partial charge >= 0.3 is 11.9 Å². The van der Waals surface area contributed by atoms with Crippen molar-refractivity contribution >= 4 is 11.9 Å². The minimum Gasteiger partial charge on any atom is -0.371 e. The van der Waals surface area contributed by atoms with Gasteiger partial charge in [0.1, 0.15) is 0 Å². The third kappa shape index (κ3) is 33.3. The van der Waals surface area contributed by atoms with Gasteiger partial charge in [-0.1, -0.05) is 142 Å². The summed E-state index contributed by atoms with van der Waals surface area (Å²) in [6.07, 6.45) is 31.0. The van der Waals surface area contributed by atoms with Crippen molar-refractivity contribution < 1.29 is 19.3 Å². The number of unbranched alkanes of at least 4 members (excludes halogenated alkanes) is 20. The fourth-order valence-electron chi connectivity index (χ4n) is 5.19. The number of carbonyl (C=O) groups is 2. The monoisotopic (exact) mass is 598 g/mol. The summed E-state index contributed by atoms with van der Waals surface area (Å²) in [5.41, 5.74) is 5.63. The summed E-state index contributed by atoms with van der Waals surface area (Å²) in [5.74, 6) is -0.299. The number of hydrogen-bond acceptors (Lipinski definition) is 7. The van der Waals surface area contributed by atoms with Gasteiger partial charge in [-0.3, -0.25) is 9.59 Å². The minimum absolute atomic E-state index is 0.150. The van der Waals surface area contributed by atoms with E-state index in [0.717, 1.165) is 51.6 Å². The average Bonchev–Trinajstić information content (AvgIpc) is 2.98. The van der Waals surface area contributed by atoms with Crippen molar-refractivity contribution in [3.05, 3.63) is 0 Å². The molecule has 2 N–H and O–H groups in total. The number of carbonyl (C=O) groups excluding carboxylic acids is 2. The maximum absolute atomic E-state index is 11.9. The van der Waals surface area contributed by atoms with E-state index in [-0.39, 0.29) is 11.9 Å². The zero-order valence-corrected chi connectivity index (χ0v) is 28.3. The van der Waals surface area contributed by atoms with Crippen molar-refractivity contribution in [1.82, 2.24) is 15.9 Å². The Balaban J connectivity index is 3.35. The van der Waals surface area contributed by atoms with Gasteiger partial charge in [0.05, 0.1) is 0 Å². The Labute approximate surface area is 260 Å². The second-order valence-corrected chi connectivity index (χ2v) is 12.3. The van der Waals surface area contributed by atoms with E-state index in [4.69, 9.17) is 9.68 Å². The van der Waals surface area contributed by atoms with Gasteiger partial charge in [0.25, 0.3) is 0 Å². The smallest absolute Gasteiger partial charge is 0.324 e. The molecule has 0 spiro atoms. The Morgan fingerprint density at radius 2 is 0.738 bits per heavy atom. The van der Waals surface area contributed by atoms with Crippen LogP contribution in [0.3, 0.4) is 0 Å². The molecule has 0 heterocycles. The third-order valence-corrected chi connectivity index (χ3v) is 7.98. The lowest BCUT2D eigenvalue weighted by Gasteiger charge is -2.16. The highest BCUT2D eigenvalue weighted by Crippen LogP contribution is 2.13. The molecule has 0 radical (unpaired) electrons. The molecule has 0 aliphatic carbocycles. The zero-order valence-electron chi connectivity index (χ0n) is 28.3. The number of hydroxylamine groups is 2. The predicted molar refractivity (Wildman–Crippen MR) is 177 cm³/mol. The summed E-state index contributed by atoms with van der Waals surface area (Å²) in [7, 11) is 2.08. The van der Waals surface area contributed by atoms with Crippen LogP contribution >= 0.6 is 0 Å². The maximum atomic E-state index is 11.9. The molecule has 42 heavy (non-hydrogen) atoms. The zero-order chi connectivity index (χ0) is 30.8. The summed E-state index contributed by atoms with van der Waals surface area (Å²) in [6, 6.07) is 0. The Morgan fingerprint density at radius 1 is 0.452 bits per heavy atom. The van der Waals surface area contributed by atoms with Crippen LogP contribution in [0.5, 0.6) is 0 Å². The van der Waals surface area contributed by atoms with Crippen molar-refractivity contribution in [1.29, 1.82) is 0 Å². The van der Waals surface area contributed by atoms with Gasteiger partial charge in [0.15, 0.2) is 0 Å². The van der Waals surface area contributed by atoms with Crippen molar-refractivity contribution in [2.45, 2.75) is 181 Å². The van der Waals surface area contributed by atoms with E-state index in [1.54, 1.807) is 0 Å². The van der Waals surface area contributed by atoms with Crippen LogP contribution in [0.4, 0.5) is 0 Å². The van der Waals surface area contributed by atoms with Crippen LogP contribution in [0.15, 0.2) is 0 Å². The molecule has 0 atom stereocenters. The summed E-state index contributed by atoms with van der Waals surface area (Å²) in [4.78, 5) is 36.3. The molecule has 0 unspecified atom stereocenters. The highest BCUT2D eigenvalue weighted by molar-refractivity contribution is 5.69. The molecule has 0 aliphatic heterocycles. The lowest BCUT2D eigenvalue weighted by molar-refractivity contribution is -0.152. The summed E-state index contributed by atoms with van der Waals surface area (Å²) in [6.45, 7) is 7.67. The quantitative estimate of drug-likeness (QED) is 0.0565. The van der Waals surface area contributed by atoms with Crippen molar-refractivity contribution in [2.75, 3.05) is 33.2 Å². The minimum atomic E-state index is -0.150. The molecule has 0 aromatic rings. The van der Waals surface area contributed by atoms with E-state index >= 15 is 0 Å². The van der Waals surface area contributed by atoms with E-state index < -0.39 is 0 Å². The molecule has 7 nitrogen and oxygen atoms in total. The Morgan fingerprint density at radius 3 is 1.05 bits per heavy atom. The number of nitrogens with one attached hydrogen (secondary N) is 2. The van der Waals surface area contributed by atoms with Gasteiger partial charge in [-0.2, -0.15) is 11.0 Å². The van der Waals surface area contributed by atoms with Crippen LogP contribution in [0.2, 0.25) is 0 Å². The Kier molecular flexibility index (Phi) is 33.3. The SMILES string of the molecule is CCCCCCCCCCCCCC(=O)ONCCCN(C)CCCNOC(=O)CCCCCCCCCCCCC. The predicted octanol–water partition coefficient (Wildman–Crippen LogP) is 9.20. The van der Waals surface area contributed by atoms with Crippen LogP contribution in [0.1, 0.15) is 181 Å². The first-order valence-electron chi connectivity index (χ1n) is 18.1. The van der Waals surface area contributed by atoms with Gasteiger partial charge in [-0.25, -0.2) is 0 Å². The summed E-state index contributed by atoms with van der Waals surface area (Å²) < 4.78 is 0. The van der Waals surface area contributed by atoms with Gasteiger partial charge in [0.2, 0.25) is 0 Å². The molecule has 0 aromatic carbocycles. The van der Waals surface area contributed by atoms with Crippen molar-refractivity contribution in [3.63, 3.8) is 0 Å². The van der Waals surface area contributed by atoms with Crippen LogP contribution in [0.25, 0.3) is 0 Å². The van der Waals surface area contributed by atoms with Gasteiger partial charge in [-0.15, -0.1) is 0 Å². The normalized spacial score (nSPS) is 11.3. The Hall–Kier alpha value is -1.18. The Bertz CT molecular complexity index is 528. The molecular weight excluding hydrogens is 526 g/mol. The molecule has 0 amide bonds. The van der Waals surface area contributed by atoms with E-state index in [9.17, 15) is 9.59 Å². The maximum Gasteiger partial charge on any atom is 0.324 e. The van der Waals surface area contributed by atoms with E-state index in [1.807, 2.05) is 0 Å². The fraction of sp³-hybridized carbons (Fsp3) is 0.943. The lowest BCUT2D eigenvalue weighted by Crippen LogP contribution is -2.28. The fourth-order valence-corrected chi connectivity index (χ4v) is 5.19. The molecule has 7 heteroatoms. The number of rotatable bonds is 34. The van der Waals surface area contributed by atoms with Crippen LogP contribution in [0, 0.1) is 0 Å². The second kappa shape index (κ2) is 34.3. The van der Waals surface area contributed by atoms with Gasteiger partial charge in [0, 0.05) is 25.9 Å². The first kappa shape index (κ1) is 40.8. The van der Waals surface area contributed by atoms with Gasteiger partial charge in [-0.05, 0) is 45.8 Å². The van der Waals surface area contributed by atoms with Crippen LogP contribution in [-0.4, -0.2) is 50.1 Å². The molecule has 0 fully saturated rings. The van der Waals surface area contributed by atoms with Crippen LogP contribution < -0.4 is 11.0 Å². The van der Waals surface area contributed by atoms with Crippen molar-refractivity contribution in [2.24, 2.45) is 0 Å². The highest BCUT2D eigenvalue weighted by Gasteiger charge is 2.05. The average molecular weight is 598 g/mol. The largest absolute Gasteiger partial charge is 0.371 e. The lowest BCUT2D eigenvalue weighted by atomic mass is 10.1. The molecular formula is C35H71N3O4. The summed E-state index contributed by atoms with van der Waals surface area (Å²) >= 11 is 0. The molecule has 0 aliphatic rings.